The van der Waals surface area contributed by atoms with Crippen LogP contribution in [0, 0.1) is 5.92 Å². The summed E-state index contributed by atoms with van der Waals surface area (Å²) < 4.78 is 25.1. The highest BCUT2D eigenvalue weighted by Crippen LogP contribution is 2.03. The van der Waals surface area contributed by atoms with Crippen molar-refractivity contribution in [2.75, 3.05) is 5.75 Å². The highest BCUT2D eigenvalue weighted by Gasteiger charge is 2.09. The van der Waals surface area contributed by atoms with Gasteiger partial charge in [0.05, 0.1) is 5.75 Å². The molecule has 0 rings (SSSR count). The molecule has 72 valence electrons. The zero-order valence-electron chi connectivity index (χ0n) is 7.32. The summed E-state index contributed by atoms with van der Waals surface area (Å²) in [6.07, 6.45) is 0.569. The molecule has 12 heavy (non-hydrogen) atoms. The fourth-order valence-corrected chi connectivity index (χ4v) is 1.77. The molecular formula is C6H15N3O2S. The molecular weight excluding hydrogens is 178 g/mol. The molecule has 0 aliphatic carbocycles. The highest BCUT2D eigenvalue weighted by molar-refractivity contribution is 7.90. The number of nitrogens with two attached hydrogens (primary N) is 2. The van der Waals surface area contributed by atoms with Crippen LogP contribution >= 0.6 is 0 Å². The lowest BCUT2D eigenvalue weighted by Gasteiger charge is -2.01. The first-order valence-electron chi connectivity index (χ1n) is 3.67. The number of sulfonamides is 1. The lowest BCUT2D eigenvalue weighted by atomic mass is 10.2. The second kappa shape index (κ2) is 4.30. The predicted molar refractivity (Wildman–Crippen MR) is 49.1 cm³/mol. The molecule has 0 heterocycles. The van der Waals surface area contributed by atoms with Gasteiger partial charge in [0.25, 0.3) is 10.0 Å². The molecule has 4 N–H and O–H groups in total. The summed E-state index contributed by atoms with van der Waals surface area (Å²) in [5, 5.41) is 0. The van der Waals surface area contributed by atoms with Crippen molar-refractivity contribution < 1.29 is 8.42 Å². The maximum Gasteiger partial charge on any atom is 0.256 e. The van der Waals surface area contributed by atoms with Crippen LogP contribution in [-0.2, 0) is 10.0 Å². The van der Waals surface area contributed by atoms with E-state index >= 15 is 0 Å². The zero-order valence-corrected chi connectivity index (χ0v) is 8.13. The van der Waals surface area contributed by atoms with Gasteiger partial charge in [-0.15, -0.1) is 4.40 Å². The summed E-state index contributed by atoms with van der Waals surface area (Å²) in [5.41, 5.74) is 9.87. The van der Waals surface area contributed by atoms with E-state index in [4.69, 9.17) is 11.5 Å². The average molecular weight is 193 g/mol. The molecule has 0 bridgehead atoms. The molecule has 0 amide bonds. The van der Waals surface area contributed by atoms with Gasteiger partial charge in [-0.25, -0.2) is 8.42 Å². The van der Waals surface area contributed by atoms with E-state index in [-0.39, 0.29) is 5.75 Å². The summed E-state index contributed by atoms with van der Waals surface area (Å²) >= 11 is 0. The van der Waals surface area contributed by atoms with Crippen molar-refractivity contribution in [1.29, 1.82) is 0 Å². The first-order chi connectivity index (χ1) is 5.33. The molecule has 6 heteroatoms. The van der Waals surface area contributed by atoms with Gasteiger partial charge in [-0.1, -0.05) is 13.8 Å². The minimum absolute atomic E-state index is 0.00255. The van der Waals surface area contributed by atoms with Gasteiger partial charge in [0.15, 0.2) is 0 Å². The normalized spacial score (nSPS) is 11.6. The summed E-state index contributed by atoms with van der Waals surface area (Å²) in [5.74, 6) is -0.0736. The van der Waals surface area contributed by atoms with Gasteiger partial charge in [-0.2, -0.15) is 0 Å². The van der Waals surface area contributed by atoms with E-state index in [1.165, 1.54) is 0 Å². The molecule has 0 unspecified atom stereocenters. The maximum absolute atomic E-state index is 11.0. The molecule has 5 nitrogen and oxygen atoms in total. The Hall–Kier alpha value is -0.780. The van der Waals surface area contributed by atoms with Crippen LogP contribution in [0.4, 0.5) is 0 Å². The van der Waals surface area contributed by atoms with Crippen LogP contribution in [-0.4, -0.2) is 20.1 Å². The van der Waals surface area contributed by atoms with E-state index in [0.29, 0.717) is 12.3 Å². The SMILES string of the molecule is CC(C)CCS(=O)(=O)N=C(N)N. The third-order valence-corrected chi connectivity index (χ3v) is 2.44. The number of hydrogen-bond acceptors (Lipinski definition) is 2. The van der Waals surface area contributed by atoms with Gasteiger partial charge in [-0.05, 0) is 12.3 Å². The van der Waals surface area contributed by atoms with Gasteiger partial charge in [0, 0.05) is 0 Å². The first kappa shape index (κ1) is 11.2. The van der Waals surface area contributed by atoms with Crippen molar-refractivity contribution in [1.82, 2.24) is 0 Å². The number of rotatable bonds is 4. The summed E-state index contributed by atoms with van der Waals surface area (Å²) in [7, 11) is -3.44. The van der Waals surface area contributed by atoms with Crippen LogP contribution in [0.5, 0.6) is 0 Å². The van der Waals surface area contributed by atoms with Crippen molar-refractivity contribution in [2.45, 2.75) is 20.3 Å². The second-order valence-corrected chi connectivity index (χ2v) is 4.74. The Kier molecular flexibility index (Phi) is 4.02. The molecule has 0 aromatic rings. The topological polar surface area (TPSA) is 98.5 Å². The maximum atomic E-state index is 11.0. The molecule has 0 aromatic heterocycles. The van der Waals surface area contributed by atoms with Crippen LogP contribution in [0.25, 0.3) is 0 Å². The van der Waals surface area contributed by atoms with Gasteiger partial charge in [0.2, 0.25) is 5.96 Å². The molecule has 0 fully saturated rings. The van der Waals surface area contributed by atoms with E-state index in [1.54, 1.807) is 0 Å². The average Bonchev–Trinajstić information content (AvgIpc) is 1.81. The van der Waals surface area contributed by atoms with Crippen molar-refractivity contribution in [3.8, 4) is 0 Å². The molecule has 0 spiro atoms. The van der Waals surface area contributed by atoms with Crippen LogP contribution in [0.3, 0.4) is 0 Å². The molecule has 0 aromatic carbocycles. The Morgan fingerprint density at radius 1 is 1.42 bits per heavy atom. The molecule has 0 atom stereocenters. The van der Waals surface area contributed by atoms with Crippen molar-refractivity contribution in [2.24, 2.45) is 21.8 Å². The minimum Gasteiger partial charge on any atom is -0.369 e. The smallest absolute Gasteiger partial charge is 0.256 e. The molecule has 0 saturated carbocycles. The van der Waals surface area contributed by atoms with Crippen molar-refractivity contribution >= 4 is 16.0 Å². The van der Waals surface area contributed by atoms with Crippen LogP contribution < -0.4 is 11.5 Å². The summed E-state index contributed by atoms with van der Waals surface area (Å²) in [6.45, 7) is 3.87. The van der Waals surface area contributed by atoms with E-state index < -0.39 is 16.0 Å². The third kappa shape index (κ3) is 5.96. The highest BCUT2D eigenvalue weighted by atomic mass is 32.2. The lowest BCUT2D eigenvalue weighted by Crippen LogP contribution is -2.25. The summed E-state index contributed by atoms with van der Waals surface area (Å²) in [6, 6.07) is 0. The van der Waals surface area contributed by atoms with Gasteiger partial charge < -0.3 is 11.5 Å². The Morgan fingerprint density at radius 3 is 2.25 bits per heavy atom. The lowest BCUT2D eigenvalue weighted by molar-refractivity contribution is 0.575. The van der Waals surface area contributed by atoms with E-state index in [1.807, 2.05) is 13.8 Å². The second-order valence-electron chi connectivity index (χ2n) is 2.98. The van der Waals surface area contributed by atoms with Gasteiger partial charge >= 0.3 is 0 Å². The van der Waals surface area contributed by atoms with Crippen LogP contribution in [0.2, 0.25) is 0 Å². The third-order valence-electron chi connectivity index (χ3n) is 1.20. The first-order valence-corrected chi connectivity index (χ1v) is 5.28. The molecule has 0 radical (unpaired) electrons. The van der Waals surface area contributed by atoms with E-state index in [0.717, 1.165) is 0 Å². The van der Waals surface area contributed by atoms with Crippen LogP contribution in [0.15, 0.2) is 4.40 Å². The summed E-state index contributed by atoms with van der Waals surface area (Å²) in [4.78, 5) is 0. The van der Waals surface area contributed by atoms with Crippen molar-refractivity contribution in [3.05, 3.63) is 0 Å². The Balaban J connectivity index is 4.17. The zero-order chi connectivity index (χ0) is 9.78. The Bertz CT molecular complexity index is 252. The Morgan fingerprint density at radius 2 is 1.92 bits per heavy atom. The standard InChI is InChI=1S/C6H15N3O2S/c1-5(2)3-4-12(10,11)9-6(7)8/h5H,3-4H2,1-2H3,(H4,7,8,9). The van der Waals surface area contributed by atoms with Crippen LogP contribution in [0.1, 0.15) is 20.3 Å². The quantitative estimate of drug-likeness (QED) is 0.470. The number of nitrogens with zero attached hydrogens (tertiary/aromatic N) is 1. The van der Waals surface area contributed by atoms with Gasteiger partial charge in [0.1, 0.15) is 0 Å². The fourth-order valence-electron chi connectivity index (χ4n) is 0.591. The molecule has 0 aliphatic rings. The number of guanidine groups is 1. The van der Waals surface area contributed by atoms with E-state index in [2.05, 4.69) is 4.40 Å². The molecule has 0 saturated heterocycles. The Labute approximate surface area is 72.9 Å². The monoisotopic (exact) mass is 193 g/mol. The number of hydrogen-bond donors (Lipinski definition) is 2. The predicted octanol–water partition coefficient (Wildman–Crippen LogP) is -0.364. The largest absolute Gasteiger partial charge is 0.369 e. The minimum atomic E-state index is -3.44. The van der Waals surface area contributed by atoms with Gasteiger partial charge in [-0.3, -0.25) is 0 Å². The van der Waals surface area contributed by atoms with E-state index in [9.17, 15) is 8.42 Å². The molecule has 0 aliphatic heterocycles. The van der Waals surface area contributed by atoms with Crippen molar-refractivity contribution in [3.63, 3.8) is 0 Å². The fraction of sp³-hybridized carbons (Fsp3) is 0.833.